The second-order valence-electron chi connectivity index (χ2n) is 11.8. The van der Waals surface area contributed by atoms with E-state index in [1.54, 1.807) is 12.1 Å². The van der Waals surface area contributed by atoms with Crippen molar-refractivity contribution < 1.29 is 66.5 Å². The number of nitrogens with zero attached hydrogens (tertiary/aromatic N) is 3. The molecule has 0 saturated carbocycles. The lowest BCUT2D eigenvalue weighted by Crippen LogP contribution is -2.70. The first-order chi connectivity index (χ1) is 23.7. The van der Waals surface area contributed by atoms with Crippen molar-refractivity contribution >= 4 is 0 Å². The van der Waals surface area contributed by atoms with Gasteiger partial charge in [0.15, 0.2) is 0 Å². The van der Waals surface area contributed by atoms with Gasteiger partial charge in [-0.15, -0.1) is 5.10 Å². The minimum atomic E-state index is -7.93. The third-order valence-corrected chi connectivity index (χ3v) is 7.89. The van der Waals surface area contributed by atoms with Crippen molar-refractivity contribution in [1.82, 2.24) is 15.0 Å². The molecule has 18 heteroatoms. The molecule has 0 aliphatic rings. The van der Waals surface area contributed by atoms with E-state index in [9.17, 15) is 57.1 Å². The van der Waals surface area contributed by atoms with E-state index in [0.717, 1.165) is 35.9 Å². The highest BCUT2D eigenvalue weighted by Gasteiger charge is 2.90. The summed E-state index contributed by atoms with van der Waals surface area (Å²) in [6, 6.07) is 14.8. The van der Waals surface area contributed by atoms with Crippen LogP contribution >= 0.6 is 0 Å². The summed E-state index contributed by atoms with van der Waals surface area (Å²) >= 11 is 0. The number of benzene rings is 2. The van der Waals surface area contributed by atoms with E-state index in [1.807, 2.05) is 36.4 Å². The molecule has 0 aliphatic heterocycles. The number of unbranched alkanes of at least 4 members (excludes halogenated alkanes) is 5. The minimum Gasteiger partial charge on any atom is -0.494 e. The Hall–Kier alpha value is -3.73. The van der Waals surface area contributed by atoms with E-state index in [4.69, 9.17) is 9.47 Å². The van der Waals surface area contributed by atoms with Crippen molar-refractivity contribution in [3.63, 3.8) is 0 Å². The molecule has 0 N–H and O–H groups in total. The molecule has 0 saturated heterocycles. The summed E-state index contributed by atoms with van der Waals surface area (Å²) in [5, 5.41) is 6.91. The van der Waals surface area contributed by atoms with Crippen LogP contribution in [0.15, 0.2) is 54.7 Å². The van der Waals surface area contributed by atoms with Gasteiger partial charge in [-0.1, -0.05) is 68.5 Å². The lowest BCUT2D eigenvalue weighted by molar-refractivity contribution is -0.440. The van der Waals surface area contributed by atoms with Gasteiger partial charge >= 0.3 is 35.8 Å². The summed E-state index contributed by atoms with van der Waals surface area (Å²) < 4.78 is 185. The summed E-state index contributed by atoms with van der Waals surface area (Å²) in [4.78, 5) is 0. The summed E-state index contributed by atoms with van der Waals surface area (Å²) in [5.74, 6) is -35.7. The van der Waals surface area contributed by atoms with E-state index < -0.39 is 48.8 Å². The molecule has 0 unspecified atom stereocenters. The Labute approximate surface area is 285 Å². The lowest BCUT2D eigenvalue weighted by Gasteiger charge is -2.39. The monoisotopic (exact) mass is 753 g/mol. The molecular formula is C33H36F13N3O2. The van der Waals surface area contributed by atoms with Crippen LogP contribution in [0.1, 0.15) is 64.0 Å². The summed E-state index contributed by atoms with van der Waals surface area (Å²) in [6.45, 7) is 1.60. The molecule has 3 aromatic rings. The van der Waals surface area contributed by atoms with Crippen molar-refractivity contribution in [3.05, 3.63) is 60.4 Å². The standard InChI is InChI=1S/C33H36F13N3O2/c1-2-3-4-5-6-7-20-50-26-14-10-23(11-15-26)24-12-16-27(17-13-24)51-21-8-9-25-22-49(48-47-25)19-18-28(34,35)29(36,37)30(38,39)31(40,41)32(42,43)33(44,45)46/h10-17,22H,2-9,18-21H2,1H3. The fourth-order valence-corrected chi connectivity index (χ4v) is 4.78. The molecule has 0 spiro atoms. The molecule has 1 aromatic heterocycles. The highest BCUT2D eigenvalue weighted by Crippen LogP contribution is 2.60. The van der Waals surface area contributed by atoms with Gasteiger partial charge in [0.25, 0.3) is 0 Å². The number of ether oxygens (including phenoxy) is 2. The van der Waals surface area contributed by atoms with Gasteiger partial charge in [-0.2, -0.15) is 57.1 Å². The van der Waals surface area contributed by atoms with Gasteiger partial charge in [0.2, 0.25) is 0 Å². The van der Waals surface area contributed by atoms with Crippen LogP contribution in [0.4, 0.5) is 57.1 Å². The first kappa shape index (κ1) is 41.7. The number of alkyl halides is 13. The number of hydrogen-bond acceptors (Lipinski definition) is 4. The molecule has 0 aliphatic carbocycles. The number of hydrogen-bond donors (Lipinski definition) is 0. The summed E-state index contributed by atoms with van der Waals surface area (Å²) in [6.07, 6.45) is -1.50. The second-order valence-corrected chi connectivity index (χ2v) is 11.8. The summed E-state index contributed by atoms with van der Waals surface area (Å²) in [5.41, 5.74) is 1.97. The normalized spacial score (nSPS) is 13.5. The number of aryl methyl sites for hydroxylation is 2. The zero-order chi connectivity index (χ0) is 38.1. The Morgan fingerprint density at radius 1 is 0.569 bits per heavy atom. The van der Waals surface area contributed by atoms with Gasteiger partial charge in [0, 0.05) is 19.2 Å². The molecule has 0 fully saturated rings. The fourth-order valence-electron chi connectivity index (χ4n) is 4.78. The maximum Gasteiger partial charge on any atom is 0.460 e. The highest BCUT2D eigenvalue weighted by atomic mass is 19.4. The fraction of sp³-hybridized carbons (Fsp3) is 0.576. The van der Waals surface area contributed by atoms with Gasteiger partial charge in [0.1, 0.15) is 11.5 Å². The zero-order valence-electron chi connectivity index (χ0n) is 27.3. The predicted octanol–water partition coefficient (Wildman–Crippen LogP) is 10.8. The lowest BCUT2D eigenvalue weighted by atomic mass is 9.92. The largest absolute Gasteiger partial charge is 0.494 e. The van der Waals surface area contributed by atoms with Crippen LogP contribution in [0.2, 0.25) is 0 Å². The van der Waals surface area contributed by atoms with Gasteiger partial charge in [0.05, 0.1) is 18.9 Å². The van der Waals surface area contributed by atoms with Gasteiger partial charge in [-0.25, -0.2) is 0 Å². The van der Waals surface area contributed by atoms with Gasteiger partial charge < -0.3 is 9.47 Å². The van der Waals surface area contributed by atoms with Crippen LogP contribution in [0.3, 0.4) is 0 Å². The molecule has 1 heterocycles. The van der Waals surface area contributed by atoms with Crippen LogP contribution in [0.25, 0.3) is 11.1 Å². The Bertz CT molecular complexity index is 1490. The van der Waals surface area contributed by atoms with E-state index >= 15 is 0 Å². The quantitative estimate of drug-likeness (QED) is 0.0803. The Balaban J connectivity index is 1.45. The van der Waals surface area contributed by atoms with Crippen LogP contribution in [0, 0.1) is 0 Å². The molecular weight excluding hydrogens is 717 g/mol. The van der Waals surface area contributed by atoms with Crippen molar-refractivity contribution in [2.75, 3.05) is 13.2 Å². The molecule has 5 nitrogen and oxygen atoms in total. The van der Waals surface area contributed by atoms with Crippen LogP contribution < -0.4 is 9.47 Å². The SMILES string of the molecule is CCCCCCCCOc1ccc(-c2ccc(OCCCc3cn(CCC(F)(F)C(F)(F)C(F)(F)C(F)(F)C(F)(F)C(F)(F)F)nn3)cc2)cc1. The maximum absolute atomic E-state index is 14.1. The first-order valence-electron chi connectivity index (χ1n) is 16.0. The molecule has 51 heavy (non-hydrogen) atoms. The minimum absolute atomic E-state index is 0.102. The number of aromatic nitrogens is 3. The van der Waals surface area contributed by atoms with E-state index in [-0.39, 0.29) is 25.1 Å². The molecule has 0 radical (unpaired) electrons. The Morgan fingerprint density at radius 3 is 1.55 bits per heavy atom. The van der Waals surface area contributed by atoms with E-state index in [0.29, 0.717) is 17.0 Å². The van der Waals surface area contributed by atoms with Gasteiger partial charge in [-0.3, -0.25) is 4.68 Å². The van der Waals surface area contributed by atoms with E-state index in [1.165, 1.54) is 25.7 Å². The average molecular weight is 754 g/mol. The zero-order valence-corrected chi connectivity index (χ0v) is 27.3. The van der Waals surface area contributed by atoms with Crippen molar-refractivity contribution in [2.24, 2.45) is 0 Å². The van der Waals surface area contributed by atoms with Crippen molar-refractivity contribution in [3.8, 4) is 22.6 Å². The number of rotatable bonds is 21. The predicted molar refractivity (Wildman–Crippen MR) is 160 cm³/mol. The third-order valence-electron chi connectivity index (χ3n) is 7.89. The molecule has 3 rings (SSSR count). The van der Waals surface area contributed by atoms with Crippen molar-refractivity contribution in [1.29, 1.82) is 0 Å². The smallest absolute Gasteiger partial charge is 0.460 e. The molecule has 0 bridgehead atoms. The molecule has 2 aromatic carbocycles. The van der Waals surface area contributed by atoms with E-state index in [2.05, 4.69) is 17.2 Å². The third kappa shape index (κ3) is 9.78. The molecule has 0 atom stereocenters. The first-order valence-corrected chi connectivity index (χ1v) is 16.0. The van der Waals surface area contributed by atoms with Crippen molar-refractivity contribution in [2.45, 2.75) is 107 Å². The topological polar surface area (TPSA) is 49.2 Å². The van der Waals surface area contributed by atoms with Crippen LogP contribution in [-0.4, -0.2) is 64.0 Å². The van der Waals surface area contributed by atoms with Crippen LogP contribution in [0.5, 0.6) is 11.5 Å². The maximum atomic E-state index is 14.1. The van der Waals surface area contributed by atoms with Gasteiger partial charge in [-0.05, 0) is 54.7 Å². The molecule has 0 amide bonds. The Morgan fingerprint density at radius 2 is 1.04 bits per heavy atom. The van der Waals surface area contributed by atoms with Crippen LogP contribution in [-0.2, 0) is 13.0 Å². The number of halogens is 13. The second kappa shape index (κ2) is 16.7. The highest BCUT2D eigenvalue weighted by molar-refractivity contribution is 5.64. The Kier molecular flexibility index (Phi) is 13.7. The summed E-state index contributed by atoms with van der Waals surface area (Å²) in [7, 11) is 0. The molecule has 286 valence electrons. The average Bonchev–Trinajstić information content (AvgIpc) is 3.53.